The first-order valence-electron chi connectivity index (χ1n) is 9.06. The van der Waals surface area contributed by atoms with E-state index in [4.69, 9.17) is 4.74 Å². The number of thiazole rings is 1. The lowest BCUT2D eigenvalue weighted by Gasteiger charge is -2.28. The van der Waals surface area contributed by atoms with Crippen LogP contribution in [0.5, 0.6) is 5.75 Å². The van der Waals surface area contributed by atoms with Crippen LogP contribution in [-0.2, 0) is 11.2 Å². The van der Waals surface area contributed by atoms with E-state index in [9.17, 15) is 4.79 Å². The molecule has 1 aromatic heterocycles. The largest absolute Gasteiger partial charge is 0.497 e. The summed E-state index contributed by atoms with van der Waals surface area (Å²) in [7, 11) is 1.70. The zero-order valence-electron chi connectivity index (χ0n) is 14.8. The number of fused-ring (bicyclic) bond motifs is 1. The Morgan fingerprint density at radius 1 is 1.36 bits per heavy atom. The van der Waals surface area contributed by atoms with Gasteiger partial charge in [-0.15, -0.1) is 11.3 Å². The number of benzene rings is 1. The van der Waals surface area contributed by atoms with E-state index < -0.39 is 0 Å². The van der Waals surface area contributed by atoms with Crippen molar-refractivity contribution in [1.29, 1.82) is 0 Å². The molecule has 2 aromatic rings. The van der Waals surface area contributed by atoms with Crippen LogP contribution < -0.4 is 9.64 Å². The number of carbonyl (C=O) groups is 1. The summed E-state index contributed by atoms with van der Waals surface area (Å²) in [6.07, 6.45) is 6.08. The number of carbonyl (C=O) groups excluding carboxylic acids is 1. The van der Waals surface area contributed by atoms with Crippen molar-refractivity contribution in [3.05, 3.63) is 40.4 Å². The number of aromatic nitrogens is 1. The Balaban J connectivity index is 1.55. The average Bonchev–Trinajstić information content (AvgIpc) is 3.35. The summed E-state index contributed by atoms with van der Waals surface area (Å²) in [5, 5.41) is 2.90. The zero-order valence-corrected chi connectivity index (χ0v) is 15.6. The summed E-state index contributed by atoms with van der Waals surface area (Å²) in [5.41, 5.74) is 3.66. The third kappa shape index (κ3) is 3.43. The van der Waals surface area contributed by atoms with Crippen molar-refractivity contribution >= 4 is 22.4 Å². The van der Waals surface area contributed by atoms with Crippen molar-refractivity contribution in [2.24, 2.45) is 0 Å². The number of hydrogen-bond donors (Lipinski definition) is 0. The number of methoxy groups -OCH3 is 1. The van der Waals surface area contributed by atoms with Crippen molar-refractivity contribution in [3.63, 3.8) is 0 Å². The second-order valence-electron chi connectivity index (χ2n) is 7.12. The molecule has 0 unspecified atom stereocenters. The first-order chi connectivity index (χ1) is 12.2. The maximum Gasteiger partial charge on any atom is 0.229 e. The number of ether oxygens (including phenoxy) is 1. The van der Waals surface area contributed by atoms with Gasteiger partial charge in [0.25, 0.3) is 0 Å². The molecule has 4 rings (SSSR count). The number of aryl methyl sites for hydroxylation is 2. The first kappa shape index (κ1) is 16.6. The Kier molecular flexibility index (Phi) is 4.50. The van der Waals surface area contributed by atoms with Gasteiger partial charge in [0, 0.05) is 17.8 Å². The molecule has 1 atom stereocenters. The van der Waals surface area contributed by atoms with Crippen molar-refractivity contribution < 1.29 is 9.53 Å². The molecule has 1 saturated carbocycles. The molecule has 1 fully saturated rings. The molecule has 1 heterocycles. The van der Waals surface area contributed by atoms with E-state index in [-0.39, 0.29) is 5.91 Å². The molecule has 1 aromatic carbocycles. The molecular weight excluding hydrogens is 332 g/mol. The third-order valence-corrected chi connectivity index (χ3v) is 6.16. The molecule has 132 valence electrons. The number of anilines is 1. The van der Waals surface area contributed by atoms with E-state index in [1.165, 1.54) is 11.1 Å². The Hall–Kier alpha value is -1.88. The molecular formula is C20H24N2O2S. The lowest BCUT2D eigenvalue weighted by molar-refractivity contribution is -0.119. The molecule has 1 amide bonds. The Morgan fingerprint density at radius 3 is 2.88 bits per heavy atom. The quantitative estimate of drug-likeness (QED) is 0.794. The number of nitrogens with zero attached hydrogens (tertiary/aromatic N) is 2. The number of rotatable bonds is 5. The van der Waals surface area contributed by atoms with Gasteiger partial charge in [0.15, 0.2) is 5.13 Å². The van der Waals surface area contributed by atoms with Crippen molar-refractivity contribution in [2.45, 2.75) is 57.4 Å². The SMILES string of the molecule is COc1ccc2c(c1)CCC[C@@H]2CC(=O)N(c1nc(C)cs1)C1CC1. The summed E-state index contributed by atoms with van der Waals surface area (Å²) < 4.78 is 5.35. The zero-order chi connectivity index (χ0) is 17.4. The molecule has 0 spiro atoms. The molecule has 2 aliphatic rings. The van der Waals surface area contributed by atoms with Crippen LogP contribution in [0.4, 0.5) is 5.13 Å². The molecule has 4 nitrogen and oxygen atoms in total. The maximum atomic E-state index is 13.1. The highest BCUT2D eigenvalue weighted by Gasteiger charge is 2.36. The summed E-state index contributed by atoms with van der Waals surface area (Å²) in [4.78, 5) is 19.6. The van der Waals surface area contributed by atoms with Gasteiger partial charge in [-0.25, -0.2) is 4.98 Å². The minimum Gasteiger partial charge on any atom is -0.497 e. The predicted molar refractivity (Wildman–Crippen MR) is 101 cm³/mol. The summed E-state index contributed by atoms with van der Waals surface area (Å²) in [6.45, 7) is 1.99. The molecule has 0 radical (unpaired) electrons. The van der Waals surface area contributed by atoms with Crippen LogP contribution in [0.1, 0.15) is 54.8 Å². The Bertz CT molecular complexity index is 782. The molecule has 25 heavy (non-hydrogen) atoms. The molecule has 0 bridgehead atoms. The summed E-state index contributed by atoms with van der Waals surface area (Å²) in [6, 6.07) is 6.66. The fourth-order valence-electron chi connectivity index (χ4n) is 3.79. The van der Waals surface area contributed by atoms with Crippen LogP contribution in [-0.4, -0.2) is 24.0 Å². The highest BCUT2D eigenvalue weighted by atomic mass is 32.1. The number of amides is 1. The minimum atomic E-state index is 0.227. The third-order valence-electron chi connectivity index (χ3n) is 5.20. The van der Waals surface area contributed by atoms with Gasteiger partial charge in [0.2, 0.25) is 5.91 Å². The second kappa shape index (κ2) is 6.79. The van der Waals surface area contributed by atoms with Gasteiger partial charge in [-0.05, 0) is 68.2 Å². The van der Waals surface area contributed by atoms with Crippen LogP contribution in [0.25, 0.3) is 0 Å². The maximum absolute atomic E-state index is 13.1. The number of hydrogen-bond acceptors (Lipinski definition) is 4. The van der Waals surface area contributed by atoms with Gasteiger partial charge >= 0.3 is 0 Å². The van der Waals surface area contributed by atoms with E-state index in [0.717, 1.165) is 48.7 Å². The van der Waals surface area contributed by atoms with Gasteiger partial charge in [0.1, 0.15) is 5.75 Å². The fraction of sp³-hybridized carbons (Fsp3) is 0.500. The smallest absolute Gasteiger partial charge is 0.229 e. The van der Waals surface area contributed by atoms with E-state index in [1.807, 2.05) is 23.3 Å². The fourth-order valence-corrected chi connectivity index (χ4v) is 4.68. The van der Waals surface area contributed by atoms with E-state index in [2.05, 4.69) is 17.1 Å². The Labute approximate surface area is 152 Å². The van der Waals surface area contributed by atoms with Gasteiger partial charge in [-0.3, -0.25) is 9.69 Å². The van der Waals surface area contributed by atoms with Gasteiger partial charge < -0.3 is 4.74 Å². The van der Waals surface area contributed by atoms with E-state index in [1.54, 1.807) is 18.4 Å². The highest BCUT2D eigenvalue weighted by molar-refractivity contribution is 7.14. The van der Waals surface area contributed by atoms with Crippen LogP contribution in [0.3, 0.4) is 0 Å². The first-order valence-corrected chi connectivity index (χ1v) is 9.94. The Morgan fingerprint density at radius 2 is 2.20 bits per heavy atom. The molecule has 5 heteroatoms. The van der Waals surface area contributed by atoms with Crippen molar-refractivity contribution in [2.75, 3.05) is 12.0 Å². The standard InChI is InChI=1S/C20H24N2O2S/c1-13-12-25-20(21-13)22(16-6-7-16)19(23)11-15-5-3-4-14-10-17(24-2)8-9-18(14)15/h8-10,12,15-16H,3-7,11H2,1-2H3/t15-/m1/s1. The topological polar surface area (TPSA) is 42.4 Å². The van der Waals surface area contributed by atoms with Crippen molar-refractivity contribution in [1.82, 2.24) is 4.98 Å². The monoisotopic (exact) mass is 356 g/mol. The second-order valence-corrected chi connectivity index (χ2v) is 7.96. The van der Waals surface area contributed by atoms with Crippen LogP contribution in [0.15, 0.2) is 23.6 Å². The molecule has 0 aliphatic heterocycles. The van der Waals surface area contributed by atoms with E-state index in [0.29, 0.717) is 18.4 Å². The molecule has 0 N–H and O–H groups in total. The van der Waals surface area contributed by atoms with Crippen LogP contribution in [0.2, 0.25) is 0 Å². The lowest BCUT2D eigenvalue weighted by Crippen LogP contribution is -2.34. The van der Waals surface area contributed by atoms with Gasteiger partial charge in [-0.1, -0.05) is 6.07 Å². The summed E-state index contributed by atoms with van der Waals surface area (Å²) in [5.74, 6) is 1.44. The molecule has 2 aliphatic carbocycles. The van der Waals surface area contributed by atoms with Crippen molar-refractivity contribution in [3.8, 4) is 5.75 Å². The average molecular weight is 356 g/mol. The van der Waals surface area contributed by atoms with Gasteiger partial charge in [0.05, 0.1) is 12.8 Å². The van der Waals surface area contributed by atoms with Crippen LogP contribution >= 0.6 is 11.3 Å². The van der Waals surface area contributed by atoms with E-state index >= 15 is 0 Å². The lowest BCUT2D eigenvalue weighted by atomic mass is 9.80. The highest BCUT2D eigenvalue weighted by Crippen LogP contribution is 2.39. The van der Waals surface area contributed by atoms with Crippen LogP contribution in [0, 0.1) is 6.92 Å². The predicted octanol–water partition coefficient (Wildman–Crippen LogP) is 4.47. The van der Waals surface area contributed by atoms with Gasteiger partial charge in [-0.2, -0.15) is 0 Å². The minimum absolute atomic E-state index is 0.227. The normalized spacial score (nSPS) is 19.4. The molecule has 0 saturated heterocycles. The summed E-state index contributed by atoms with van der Waals surface area (Å²) >= 11 is 1.58.